The third kappa shape index (κ3) is 6.68. The summed E-state index contributed by atoms with van der Waals surface area (Å²) >= 11 is 11.3. The van der Waals surface area contributed by atoms with Crippen LogP contribution in [-0.2, 0) is 4.79 Å². The van der Waals surface area contributed by atoms with Crippen LogP contribution in [-0.4, -0.2) is 48.0 Å². The van der Waals surface area contributed by atoms with Crippen molar-refractivity contribution in [1.29, 1.82) is 0 Å². The number of nitrogens with one attached hydrogen (secondary N) is 2. The quantitative estimate of drug-likeness (QED) is 0.452. The standard InChI is InChI=1S/C24H29ClN4O2S/c1-2-3-4-9-22(30)27-24(32)26-20-7-5-6-8-21(20)28-14-16-29(17-15-28)23(31)18-10-12-19(25)13-11-18/h5-8,10-13H,2-4,9,14-17H2,1H3,(H2,26,27,30,32). The number of hydrogen-bond acceptors (Lipinski definition) is 4. The molecule has 2 aromatic rings. The first kappa shape index (κ1) is 24.0. The highest BCUT2D eigenvalue weighted by molar-refractivity contribution is 7.80. The molecule has 0 saturated carbocycles. The third-order valence-corrected chi connectivity index (χ3v) is 5.87. The molecular formula is C24H29ClN4O2S. The highest BCUT2D eigenvalue weighted by atomic mass is 35.5. The summed E-state index contributed by atoms with van der Waals surface area (Å²) in [6.45, 7) is 4.75. The molecule has 0 unspecified atom stereocenters. The van der Waals surface area contributed by atoms with E-state index in [-0.39, 0.29) is 11.8 Å². The van der Waals surface area contributed by atoms with Crippen molar-refractivity contribution in [1.82, 2.24) is 10.2 Å². The zero-order chi connectivity index (χ0) is 22.9. The molecule has 0 aliphatic carbocycles. The van der Waals surface area contributed by atoms with Crippen LogP contribution >= 0.6 is 23.8 Å². The Morgan fingerprint density at radius 1 is 1.00 bits per heavy atom. The molecule has 1 saturated heterocycles. The van der Waals surface area contributed by atoms with Gasteiger partial charge in [0, 0.05) is 43.2 Å². The number of carbonyl (C=O) groups is 2. The minimum atomic E-state index is -0.0669. The van der Waals surface area contributed by atoms with Crippen molar-refractivity contribution in [2.75, 3.05) is 36.4 Å². The molecule has 3 rings (SSSR count). The van der Waals surface area contributed by atoms with E-state index in [1.54, 1.807) is 24.3 Å². The molecule has 0 radical (unpaired) electrons. The molecular weight excluding hydrogens is 444 g/mol. The summed E-state index contributed by atoms with van der Waals surface area (Å²) in [4.78, 5) is 28.9. The van der Waals surface area contributed by atoms with Gasteiger partial charge in [0.15, 0.2) is 5.11 Å². The van der Waals surface area contributed by atoms with E-state index < -0.39 is 0 Å². The van der Waals surface area contributed by atoms with Crippen molar-refractivity contribution in [2.45, 2.75) is 32.6 Å². The summed E-state index contributed by atoms with van der Waals surface area (Å²) in [6, 6.07) is 14.8. The predicted octanol–water partition coefficient (Wildman–Crippen LogP) is 4.70. The van der Waals surface area contributed by atoms with Gasteiger partial charge in [0.1, 0.15) is 0 Å². The zero-order valence-corrected chi connectivity index (χ0v) is 19.8. The van der Waals surface area contributed by atoms with Crippen LogP contribution in [0.25, 0.3) is 0 Å². The third-order valence-electron chi connectivity index (χ3n) is 5.41. The first-order valence-corrected chi connectivity index (χ1v) is 11.8. The second-order valence-electron chi connectivity index (χ2n) is 7.76. The molecule has 32 heavy (non-hydrogen) atoms. The Labute approximate surface area is 199 Å². The summed E-state index contributed by atoms with van der Waals surface area (Å²) in [5, 5.41) is 6.84. The SMILES string of the molecule is CCCCCC(=O)NC(=S)Nc1ccccc1N1CCN(C(=O)c2ccc(Cl)cc2)CC1. The van der Waals surface area contributed by atoms with Gasteiger partial charge in [-0.15, -0.1) is 0 Å². The van der Waals surface area contributed by atoms with Gasteiger partial charge < -0.3 is 20.4 Å². The molecule has 6 nitrogen and oxygen atoms in total. The fourth-order valence-electron chi connectivity index (χ4n) is 3.66. The average Bonchev–Trinajstić information content (AvgIpc) is 2.80. The molecule has 0 spiro atoms. The number of carbonyl (C=O) groups excluding carboxylic acids is 2. The number of rotatable bonds is 7. The van der Waals surface area contributed by atoms with Crippen molar-refractivity contribution in [2.24, 2.45) is 0 Å². The van der Waals surface area contributed by atoms with Crippen LogP contribution in [0.5, 0.6) is 0 Å². The lowest BCUT2D eigenvalue weighted by molar-refractivity contribution is -0.119. The van der Waals surface area contributed by atoms with Crippen LogP contribution in [0.15, 0.2) is 48.5 Å². The Bertz CT molecular complexity index is 943. The Morgan fingerprint density at radius 3 is 2.38 bits per heavy atom. The Balaban J connectivity index is 1.57. The molecule has 0 aromatic heterocycles. The van der Waals surface area contributed by atoms with Crippen LogP contribution in [0.3, 0.4) is 0 Å². The number of anilines is 2. The van der Waals surface area contributed by atoms with E-state index in [2.05, 4.69) is 22.5 Å². The highest BCUT2D eigenvalue weighted by Gasteiger charge is 2.23. The number of para-hydroxylation sites is 2. The maximum Gasteiger partial charge on any atom is 0.253 e. The van der Waals surface area contributed by atoms with E-state index in [0.717, 1.165) is 30.6 Å². The van der Waals surface area contributed by atoms with Crippen LogP contribution < -0.4 is 15.5 Å². The largest absolute Gasteiger partial charge is 0.366 e. The zero-order valence-electron chi connectivity index (χ0n) is 18.3. The molecule has 8 heteroatoms. The van der Waals surface area contributed by atoms with Gasteiger partial charge >= 0.3 is 0 Å². The number of hydrogen-bond donors (Lipinski definition) is 2. The Morgan fingerprint density at radius 2 is 1.69 bits per heavy atom. The fourth-order valence-corrected chi connectivity index (χ4v) is 4.01. The lowest BCUT2D eigenvalue weighted by Gasteiger charge is -2.37. The second-order valence-corrected chi connectivity index (χ2v) is 8.61. The summed E-state index contributed by atoms with van der Waals surface area (Å²) < 4.78 is 0. The normalized spacial score (nSPS) is 13.6. The molecule has 2 aromatic carbocycles. The number of thiocarbonyl (C=S) groups is 1. The van der Waals surface area contributed by atoms with Gasteiger partial charge in [0.25, 0.3) is 5.91 Å². The average molecular weight is 473 g/mol. The van der Waals surface area contributed by atoms with Crippen LogP contribution in [0.2, 0.25) is 5.02 Å². The highest BCUT2D eigenvalue weighted by Crippen LogP contribution is 2.27. The summed E-state index contributed by atoms with van der Waals surface area (Å²) in [5.41, 5.74) is 2.47. The van der Waals surface area contributed by atoms with Gasteiger partial charge in [-0.1, -0.05) is 43.5 Å². The minimum absolute atomic E-state index is 0.0136. The second kappa shape index (κ2) is 11.8. The van der Waals surface area contributed by atoms with Crippen molar-refractivity contribution in [3.05, 3.63) is 59.1 Å². The van der Waals surface area contributed by atoms with E-state index in [9.17, 15) is 9.59 Å². The maximum absolute atomic E-state index is 12.8. The molecule has 1 aliphatic heterocycles. The van der Waals surface area contributed by atoms with Crippen molar-refractivity contribution < 1.29 is 9.59 Å². The number of piperazine rings is 1. The monoisotopic (exact) mass is 472 g/mol. The van der Waals surface area contributed by atoms with Gasteiger partial charge in [-0.3, -0.25) is 9.59 Å². The number of nitrogens with zero attached hydrogens (tertiary/aromatic N) is 2. The number of unbranched alkanes of at least 4 members (excludes halogenated alkanes) is 2. The molecule has 170 valence electrons. The first-order valence-electron chi connectivity index (χ1n) is 11.0. The molecule has 0 atom stereocenters. The molecule has 2 amide bonds. The van der Waals surface area contributed by atoms with Crippen LogP contribution in [0, 0.1) is 0 Å². The Hall–Kier alpha value is -2.64. The van der Waals surface area contributed by atoms with Gasteiger partial charge in [-0.25, -0.2) is 0 Å². The van der Waals surface area contributed by atoms with E-state index in [1.807, 2.05) is 29.2 Å². The summed E-state index contributed by atoms with van der Waals surface area (Å²) in [5.74, 6) is -0.0533. The van der Waals surface area contributed by atoms with E-state index >= 15 is 0 Å². The summed E-state index contributed by atoms with van der Waals surface area (Å²) in [6.07, 6.45) is 3.44. The predicted molar refractivity (Wildman–Crippen MR) is 135 cm³/mol. The molecule has 1 heterocycles. The van der Waals surface area contributed by atoms with Crippen LogP contribution in [0.1, 0.15) is 43.0 Å². The topological polar surface area (TPSA) is 64.7 Å². The Kier molecular flexibility index (Phi) is 8.88. The maximum atomic E-state index is 12.8. The van der Waals surface area contributed by atoms with Gasteiger partial charge in [0.2, 0.25) is 5.91 Å². The number of halogens is 1. The van der Waals surface area contributed by atoms with E-state index in [0.29, 0.717) is 48.3 Å². The van der Waals surface area contributed by atoms with Crippen LogP contribution in [0.4, 0.5) is 11.4 Å². The summed E-state index contributed by atoms with van der Waals surface area (Å²) in [7, 11) is 0. The fraction of sp³-hybridized carbons (Fsp3) is 0.375. The van der Waals surface area contributed by atoms with Gasteiger partial charge in [-0.05, 0) is 55.0 Å². The van der Waals surface area contributed by atoms with Crippen molar-refractivity contribution >= 4 is 52.1 Å². The molecule has 1 aliphatic rings. The first-order chi connectivity index (χ1) is 15.5. The van der Waals surface area contributed by atoms with Gasteiger partial charge in [0.05, 0.1) is 11.4 Å². The van der Waals surface area contributed by atoms with E-state index in [1.165, 1.54) is 0 Å². The number of benzene rings is 2. The molecule has 2 N–H and O–H groups in total. The van der Waals surface area contributed by atoms with E-state index in [4.69, 9.17) is 23.8 Å². The lowest BCUT2D eigenvalue weighted by Crippen LogP contribution is -2.49. The molecule has 1 fully saturated rings. The van der Waals surface area contributed by atoms with Crippen molar-refractivity contribution in [3.8, 4) is 0 Å². The van der Waals surface area contributed by atoms with Gasteiger partial charge in [-0.2, -0.15) is 0 Å². The minimum Gasteiger partial charge on any atom is -0.366 e. The number of amides is 2. The smallest absolute Gasteiger partial charge is 0.253 e. The lowest BCUT2D eigenvalue weighted by atomic mass is 10.1. The molecule has 0 bridgehead atoms. The van der Waals surface area contributed by atoms with Crippen molar-refractivity contribution in [3.63, 3.8) is 0 Å².